The van der Waals surface area contributed by atoms with E-state index in [0.29, 0.717) is 17.3 Å². The lowest BCUT2D eigenvalue weighted by Crippen LogP contribution is -2.08. The van der Waals surface area contributed by atoms with Gasteiger partial charge in [-0.1, -0.05) is 0 Å². The first-order chi connectivity index (χ1) is 12.6. The number of rotatable bonds is 6. The highest BCUT2D eigenvalue weighted by molar-refractivity contribution is 5.88. The van der Waals surface area contributed by atoms with E-state index in [1.165, 1.54) is 6.92 Å². The SMILES string of the molecule is COc1ccc(-n2c(N)nnc2COc2ccc(NC(C)=O)cc2)cc1. The van der Waals surface area contributed by atoms with Crippen LogP contribution in [0, 0.1) is 0 Å². The number of nitrogens with zero attached hydrogens (tertiary/aromatic N) is 3. The standard InChI is InChI=1S/C18H19N5O3/c1-12(24)20-13-3-7-16(8-4-13)26-11-17-21-22-18(19)23(17)14-5-9-15(25-2)10-6-14/h3-10H,11H2,1-2H3,(H2,19,22)(H,20,24). The minimum atomic E-state index is -0.123. The van der Waals surface area contributed by atoms with Gasteiger partial charge in [0.25, 0.3) is 0 Å². The number of ether oxygens (including phenoxy) is 2. The van der Waals surface area contributed by atoms with E-state index in [1.54, 1.807) is 35.9 Å². The smallest absolute Gasteiger partial charge is 0.226 e. The summed E-state index contributed by atoms with van der Waals surface area (Å²) >= 11 is 0. The summed E-state index contributed by atoms with van der Waals surface area (Å²) in [5.74, 6) is 2.11. The summed E-state index contributed by atoms with van der Waals surface area (Å²) in [5.41, 5.74) is 7.46. The van der Waals surface area contributed by atoms with Gasteiger partial charge in [0.15, 0.2) is 5.82 Å². The van der Waals surface area contributed by atoms with Crippen molar-refractivity contribution >= 4 is 17.5 Å². The first-order valence-corrected chi connectivity index (χ1v) is 7.91. The summed E-state index contributed by atoms with van der Waals surface area (Å²) in [5, 5.41) is 10.7. The molecule has 1 amide bonds. The summed E-state index contributed by atoms with van der Waals surface area (Å²) in [6, 6.07) is 14.5. The molecular formula is C18H19N5O3. The van der Waals surface area contributed by atoms with E-state index in [0.717, 1.165) is 11.4 Å². The van der Waals surface area contributed by atoms with Crippen LogP contribution in [-0.2, 0) is 11.4 Å². The van der Waals surface area contributed by atoms with Crippen LogP contribution in [0.4, 0.5) is 11.6 Å². The topological polar surface area (TPSA) is 104 Å². The number of aromatic nitrogens is 3. The maximum Gasteiger partial charge on any atom is 0.226 e. The Hall–Kier alpha value is -3.55. The molecular weight excluding hydrogens is 334 g/mol. The molecule has 3 aromatic rings. The average molecular weight is 353 g/mol. The van der Waals surface area contributed by atoms with Crippen LogP contribution in [0.1, 0.15) is 12.7 Å². The second-order valence-electron chi connectivity index (χ2n) is 5.50. The van der Waals surface area contributed by atoms with E-state index in [4.69, 9.17) is 15.2 Å². The number of nitrogen functional groups attached to an aromatic ring is 1. The lowest BCUT2D eigenvalue weighted by molar-refractivity contribution is -0.114. The van der Waals surface area contributed by atoms with Gasteiger partial charge in [-0.2, -0.15) is 0 Å². The molecule has 0 spiro atoms. The Kier molecular flexibility index (Phi) is 5.02. The van der Waals surface area contributed by atoms with Gasteiger partial charge in [0.2, 0.25) is 11.9 Å². The van der Waals surface area contributed by atoms with E-state index >= 15 is 0 Å². The summed E-state index contributed by atoms with van der Waals surface area (Å²) in [4.78, 5) is 11.0. The van der Waals surface area contributed by atoms with Crippen LogP contribution in [0.5, 0.6) is 11.5 Å². The van der Waals surface area contributed by atoms with Crippen molar-refractivity contribution in [2.24, 2.45) is 0 Å². The van der Waals surface area contributed by atoms with Crippen molar-refractivity contribution in [1.29, 1.82) is 0 Å². The van der Waals surface area contributed by atoms with E-state index < -0.39 is 0 Å². The van der Waals surface area contributed by atoms with Crippen LogP contribution in [0.25, 0.3) is 5.69 Å². The Morgan fingerprint density at radius 3 is 2.35 bits per heavy atom. The van der Waals surface area contributed by atoms with Gasteiger partial charge >= 0.3 is 0 Å². The van der Waals surface area contributed by atoms with Crippen molar-refractivity contribution in [3.8, 4) is 17.2 Å². The molecule has 134 valence electrons. The predicted octanol–water partition coefficient (Wildman–Crippen LogP) is 2.40. The van der Waals surface area contributed by atoms with Crippen LogP contribution in [-0.4, -0.2) is 27.8 Å². The van der Waals surface area contributed by atoms with Crippen molar-refractivity contribution in [3.63, 3.8) is 0 Å². The van der Waals surface area contributed by atoms with Gasteiger partial charge in [-0.05, 0) is 48.5 Å². The third-order valence-electron chi connectivity index (χ3n) is 3.63. The third-order valence-corrected chi connectivity index (χ3v) is 3.63. The molecule has 0 saturated carbocycles. The Morgan fingerprint density at radius 2 is 1.73 bits per heavy atom. The molecule has 0 aliphatic carbocycles. The number of amides is 1. The highest BCUT2D eigenvalue weighted by atomic mass is 16.5. The van der Waals surface area contributed by atoms with Crippen molar-refractivity contribution in [2.45, 2.75) is 13.5 Å². The number of methoxy groups -OCH3 is 1. The number of hydrogen-bond acceptors (Lipinski definition) is 6. The molecule has 26 heavy (non-hydrogen) atoms. The average Bonchev–Trinajstić information content (AvgIpc) is 3.01. The quantitative estimate of drug-likeness (QED) is 0.705. The highest BCUT2D eigenvalue weighted by Gasteiger charge is 2.12. The number of benzene rings is 2. The second-order valence-corrected chi connectivity index (χ2v) is 5.50. The zero-order chi connectivity index (χ0) is 18.5. The van der Waals surface area contributed by atoms with Crippen LogP contribution < -0.4 is 20.5 Å². The Balaban J connectivity index is 1.73. The van der Waals surface area contributed by atoms with Crippen molar-refractivity contribution in [2.75, 3.05) is 18.2 Å². The molecule has 8 heteroatoms. The molecule has 1 aromatic heterocycles. The molecule has 0 saturated heterocycles. The van der Waals surface area contributed by atoms with E-state index in [9.17, 15) is 4.79 Å². The third kappa shape index (κ3) is 3.92. The maximum atomic E-state index is 11.0. The van der Waals surface area contributed by atoms with Crippen molar-refractivity contribution < 1.29 is 14.3 Å². The minimum Gasteiger partial charge on any atom is -0.497 e. The zero-order valence-corrected chi connectivity index (χ0v) is 14.5. The molecule has 8 nitrogen and oxygen atoms in total. The molecule has 0 atom stereocenters. The predicted molar refractivity (Wildman–Crippen MR) is 97.4 cm³/mol. The number of carbonyl (C=O) groups excluding carboxylic acids is 1. The molecule has 0 unspecified atom stereocenters. The first kappa shape index (κ1) is 17.3. The number of hydrogen-bond donors (Lipinski definition) is 2. The fraction of sp³-hybridized carbons (Fsp3) is 0.167. The fourth-order valence-electron chi connectivity index (χ4n) is 2.42. The summed E-state index contributed by atoms with van der Waals surface area (Å²) in [7, 11) is 1.61. The molecule has 0 radical (unpaired) electrons. The van der Waals surface area contributed by atoms with Crippen LogP contribution in [0.3, 0.4) is 0 Å². The molecule has 2 aromatic carbocycles. The highest BCUT2D eigenvalue weighted by Crippen LogP contribution is 2.21. The van der Waals surface area contributed by atoms with Gasteiger partial charge in [-0.3, -0.25) is 9.36 Å². The molecule has 0 bridgehead atoms. The number of nitrogens with one attached hydrogen (secondary N) is 1. The summed E-state index contributed by atoms with van der Waals surface area (Å²) in [6.45, 7) is 1.65. The van der Waals surface area contributed by atoms with Crippen LogP contribution >= 0.6 is 0 Å². The number of anilines is 2. The van der Waals surface area contributed by atoms with E-state index in [-0.39, 0.29) is 18.5 Å². The van der Waals surface area contributed by atoms with E-state index in [2.05, 4.69) is 15.5 Å². The van der Waals surface area contributed by atoms with Gasteiger partial charge in [0.1, 0.15) is 18.1 Å². The van der Waals surface area contributed by atoms with Gasteiger partial charge in [0.05, 0.1) is 12.8 Å². The first-order valence-electron chi connectivity index (χ1n) is 7.91. The molecule has 1 heterocycles. The molecule has 0 aliphatic rings. The normalized spacial score (nSPS) is 10.4. The van der Waals surface area contributed by atoms with Crippen LogP contribution in [0.15, 0.2) is 48.5 Å². The fourth-order valence-corrected chi connectivity index (χ4v) is 2.42. The summed E-state index contributed by atoms with van der Waals surface area (Å²) < 4.78 is 12.6. The number of carbonyl (C=O) groups is 1. The van der Waals surface area contributed by atoms with E-state index in [1.807, 2.05) is 24.3 Å². The van der Waals surface area contributed by atoms with Gasteiger partial charge in [0, 0.05) is 12.6 Å². The largest absolute Gasteiger partial charge is 0.497 e. The Bertz CT molecular complexity index is 888. The maximum absolute atomic E-state index is 11.0. The molecule has 3 rings (SSSR count). The van der Waals surface area contributed by atoms with Gasteiger partial charge < -0.3 is 20.5 Å². The Labute approximate surface area is 150 Å². The molecule has 3 N–H and O–H groups in total. The second kappa shape index (κ2) is 7.56. The van der Waals surface area contributed by atoms with Crippen molar-refractivity contribution in [1.82, 2.24) is 14.8 Å². The summed E-state index contributed by atoms with van der Waals surface area (Å²) in [6.07, 6.45) is 0. The van der Waals surface area contributed by atoms with Gasteiger partial charge in [-0.15, -0.1) is 10.2 Å². The van der Waals surface area contributed by atoms with Crippen molar-refractivity contribution in [3.05, 3.63) is 54.4 Å². The minimum absolute atomic E-state index is 0.123. The lowest BCUT2D eigenvalue weighted by atomic mass is 10.3. The van der Waals surface area contributed by atoms with Gasteiger partial charge in [-0.25, -0.2) is 0 Å². The molecule has 0 fully saturated rings. The Morgan fingerprint density at radius 1 is 1.08 bits per heavy atom. The lowest BCUT2D eigenvalue weighted by Gasteiger charge is -2.11. The number of nitrogens with two attached hydrogens (primary N) is 1. The monoisotopic (exact) mass is 353 g/mol. The zero-order valence-electron chi connectivity index (χ0n) is 14.5. The van der Waals surface area contributed by atoms with Crippen LogP contribution in [0.2, 0.25) is 0 Å². The molecule has 0 aliphatic heterocycles.